The summed E-state index contributed by atoms with van der Waals surface area (Å²) in [6, 6.07) is 4.79. The molecule has 5 nitrogen and oxygen atoms in total. The second-order valence-electron chi connectivity index (χ2n) is 4.24. The summed E-state index contributed by atoms with van der Waals surface area (Å²) in [5.41, 5.74) is 1.89. The third-order valence-corrected chi connectivity index (χ3v) is 3.76. The van der Waals surface area contributed by atoms with Crippen molar-refractivity contribution in [2.24, 2.45) is 0 Å². The van der Waals surface area contributed by atoms with Crippen molar-refractivity contribution >= 4 is 17.7 Å². The van der Waals surface area contributed by atoms with Crippen LogP contribution in [-0.4, -0.2) is 23.2 Å². The highest BCUT2D eigenvalue weighted by Crippen LogP contribution is 2.29. The Balaban J connectivity index is 2.18. The second-order valence-corrected chi connectivity index (χ2v) is 5.17. The molecule has 0 saturated heterocycles. The van der Waals surface area contributed by atoms with Gasteiger partial charge >= 0.3 is 5.97 Å². The molecule has 20 heavy (non-hydrogen) atoms. The van der Waals surface area contributed by atoms with Crippen molar-refractivity contribution < 1.29 is 19.1 Å². The molecule has 2 aromatic rings. The summed E-state index contributed by atoms with van der Waals surface area (Å²) in [6.45, 7) is 3.74. The first kappa shape index (κ1) is 14.5. The number of aromatic nitrogens is 1. The smallest absolute Gasteiger partial charge is 0.335 e. The van der Waals surface area contributed by atoms with Gasteiger partial charge in [0.05, 0.1) is 18.4 Å². The molecule has 0 aliphatic heterocycles. The van der Waals surface area contributed by atoms with Gasteiger partial charge in [-0.25, -0.2) is 9.78 Å². The van der Waals surface area contributed by atoms with Crippen molar-refractivity contribution in [2.45, 2.75) is 24.8 Å². The molecule has 0 aliphatic rings. The fourth-order valence-corrected chi connectivity index (χ4v) is 2.56. The maximum atomic E-state index is 11.0. The first-order valence-electron chi connectivity index (χ1n) is 5.98. The zero-order valence-corrected chi connectivity index (χ0v) is 12.3. The molecule has 0 spiro atoms. The Hall–Kier alpha value is -1.95. The highest BCUT2D eigenvalue weighted by atomic mass is 32.2. The molecule has 0 aliphatic carbocycles. The monoisotopic (exact) mass is 293 g/mol. The number of ether oxygens (including phenoxy) is 1. The Morgan fingerprint density at radius 3 is 2.75 bits per heavy atom. The molecule has 2 rings (SSSR count). The number of nitrogens with zero attached hydrogens (tertiary/aromatic N) is 1. The first-order valence-corrected chi connectivity index (χ1v) is 6.97. The molecule has 106 valence electrons. The van der Waals surface area contributed by atoms with E-state index in [0.717, 1.165) is 17.0 Å². The van der Waals surface area contributed by atoms with Crippen molar-refractivity contribution in [1.82, 2.24) is 4.98 Å². The summed E-state index contributed by atoms with van der Waals surface area (Å²) in [5.74, 6) is 1.02. The third kappa shape index (κ3) is 3.14. The summed E-state index contributed by atoms with van der Waals surface area (Å²) >= 11 is 1.41. The molecular weight excluding hydrogens is 278 g/mol. The normalized spacial score (nSPS) is 10.6. The molecule has 1 aromatic heterocycles. The van der Waals surface area contributed by atoms with Gasteiger partial charge in [0.25, 0.3) is 5.22 Å². The largest absolute Gasteiger partial charge is 0.496 e. The van der Waals surface area contributed by atoms with Crippen LogP contribution in [0.1, 0.15) is 27.4 Å². The van der Waals surface area contributed by atoms with E-state index < -0.39 is 5.97 Å². The minimum Gasteiger partial charge on any atom is -0.496 e. The molecule has 1 aromatic carbocycles. The van der Waals surface area contributed by atoms with E-state index in [-0.39, 0.29) is 5.56 Å². The Labute approximate surface area is 121 Å². The van der Waals surface area contributed by atoms with Crippen LogP contribution in [0.5, 0.6) is 5.75 Å². The maximum Gasteiger partial charge on any atom is 0.335 e. The SMILES string of the molecule is COc1ccc(C(=O)O)cc1CSc1nc(C)c(C)o1. The molecule has 0 fully saturated rings. The lowest BCUT2D eigenvalue weighted by Gasteiger charge is -2.08. The van der Waals surface area contributed by atoms with E-state index in [4.69, 9.17) is 14.3 Å². The summed E-state index contributed by atoms with van der Waals surface area (Å²) in [6.07, 6.45) is 0. The number of oxazole rings is 1. The van der Waals surface area contributed by atoms with Crippen LogP contribution in [0.2, 0.25) is 0 Å². The van der Waals surface area contributed by atoms with Crippen LogP contribution in [0, 0.1) is 13.8 Å². The topological polar surface area (TPSA) is 72.6 Å². The Kier molecular flexibility index (Phi) is 4.34. The lowest BCUT2D eigenvalue weighted by molar-refractivity contribution is 0.0696. The third-order valence-electron chi connectivity index (χ3n) is 2.89. The number of methoxy groups -OCH3 is 1. The predicted molar refractivity (Wildman–Crippen MR) is 75.5 cm³/mol. The van der Waals surface area contributed by atoms with E-state index >= 15 is 0 Å². The highest BCUT2D eigenvalue weighted by Gasteiger charge is 2.12. The van der Waals surface area contributed by atoms with E-state index in [1.807, 2.05) is 13.8 Å². The van der Waals surface area contributed by atoms with Crippen molar-refractivity contribution in [1.29, 1.82) is 0 Å². The number of aromatic carboxylic acids is 1. The first-order chi connectivity index (χ1) is 9.51. The predicted octanol–water partition coefficient (Wildman–Crippen LogP) is 3.29. The van der Waals surface area contributed by atoms with Crippen LogP contribution in [0.25, 0.3) is 0 Å². The Morgan fingerprint density at radius 1 is 1.45 bits per heavy atom. The van der Waals surface area contributed by atoms with E-state index in [1.54, 1.807) is 19.2 Å². The van der Waals surface area contributed by atoms with Gasteiger partial charge in [0.15, 0.2) is 0 Å². The molecule has 0 radical (unpaired) electrons. The van der Waals surface area contributed by atoms with E-state index in [0.29, 0.717) is 16.7 Å². The summed E-state index contributed by atoms with van der Waals surface area (Å²) in [7, 11) is 1.56. The van der Waals surface area contributed by atoms with Gasteiger partial charge in [0.2, 0.25) is 0 Å². The van der Waals surface area contributed by atoms with Crippen LogP contribution in [-0.2, 0) is 5.75 Å². The second kappa shape index (κ2) is 6.00. The van der Waals surface area contributed by atoms with Gasteiger partial charge in [-0.3, -0.25) is 0 Å². The van der Waals surface area contributed by atoms with Gasteiger partial charge in [-0.05, 0) is 32.0 Å². The lowest BCUT2D eigenvalue weighted by Crippen LogP contribution is -1.99. The molecule has 0 atom stereocenters. The average molecular weight is 293 g/mol. The summed E-state index contributed by atoms with van der Waals surface area (Å²) < 4.78 is 10.7. The van der Waals surface area contributed by atoms with Crippen LogP contribution in [0.4, 0.5) is 0 Å². The highest BCUT2D eigenvalue weighted by molar-refractivity contribution is 7.98. The van der Waals surface area contributed by atoms with Gasteiger partial charge in [0.1, 0.15) is 11.5 Å². The van der Waals surface area contributed by atoms with Crippen molar-refractivity contribution in [3.05, 3.63) is 40.8 Å². The van der Waals surface area contributed by atoms with Crippen LogP contribution < -0.4 is 4.74 Å². The van der Waals surface area contributed by atoms with Gasteiger partial charge < -0.3 is 14.3 Å². The molecule has 0 unspecified atom stereocenters. The number of carboxylic acids is 1. The zero-order valence-electron chi connectivity index (χ0n) is 11.5. The van der Waals surface area contributed by atoms with Crippen LogP contribution in [0.15, 0.2) is 27.8 Å². The number of hydrogen-bond acceptors (Lipinski definition) is 5. The lowest BCUT2D eigenvalue weighted by atomic mass is 10.1. The molecule has 0 saturated carbocycles. The number of rotatable bonds is 5. The van der Waals surface area contributed by atoms with E-state index in [1.165, 1.54) is 17.8 Å². The molecule has 1 N–H and O–H groups in total. The van der Waals surface area contributed by atoms with E-state index in [2.05, 4.69) is 4.98 Å². The average Bonchev–Trinajstić information content (AvgIpc) is 2.75. The number of thioether (sulfide) groups is 1. The maximum absolute atomic E-state index is 11.0. The van der Waals surface area contributed by atoms with Gasteiger partial charge in [0, 0.05) is 11.3 Å². The molecule has 1 heterocycles. The zero-order chi connectivity index (χ0) is 14.7. The van der Waals surface area contributed by atoms with Gasteiger partial charge in [-0.2, -0.15) is 0 Å². The quantitative estimate of drug-likeness (QED) is 0.853. The summed E-state index contributed by atoms with van der Waals surface area (Å²) in [5, 5.41) is 9.59. The molecule has 0 amide bonds. The van der Waals surface area contributed by atoms with Crippen molar-refractivity contribution in [2.75, 3.05) is 7.11 Å². The van der Waals surface area contributed by atoms with Crippen molar-refractivity contribution in [3.8, 4) is 5.75 Å². The standard InChI is InChI=1S/C14H15NO4S/c1-8-9(2)19-14(15-8)20-7-11-6-10(13(16)17)4-5-12(11)18-3/h4-6H,7H2,1-3H3,(H,16,17). The van der Waals surface area contributed by atoms with Gasteiger partial charge in [-0.1, -0.05) is 11.8 Å². The molecular formula is C14H15NO4S. The van der Waals surface area contributed by atoms with Crippen LogP contribution >= 0.6 is 11.8 Å². The minimum absolute atomic E-state index is 0.237. The van der Waals surface area contributed by atoms with Crippen LogP contribution in [0.3, 0.4) is 0 Å². The van der Waals surface area contributed by atoms with Gasteiger partial charge in [-0.15, -0.1) is 0 Å². The Bertz CT molecular complexity index is 617. The summed E-state index contributed by atoms with van der Waals surface area (Å²) in [4.78, 5) is 15.3. The number of carboxylic acid groups (broad SMARTS) is 1. The fourth-order valence-electron chi connectivity index (χ4n) is 1.67. The number of carbonyl (C=O) groups is 1. The van der Waals surface area contributed by atoms with Crippen molar-refractivity contribution in [3.63, 3.8) is 0 Å². The van der Waals surface area contributed by atoms with E-state index in [9.17, 15) is 4.79 Å². The fraction of sp³-hybridized carbons (Fsp3) is 0.286. The number of benzene rings is 1. The number of aryl methyl sites for hydroxylation is 2. The Morgan fingerprint density at radius 2 is 2.20 bits per heavy atom. The molecule has 6 heteroatoms. The molecule has 0 bridgehead atoms. The minimum atomic E-state index is -0.957. The number of hydrogen-bond donors (Lipinski definition) is 1.